The van der Waals surface area contributed by atoms with Crippen molar-refractivity contribution in [2.24, 2.45) is 0 Å². The molecule has 5 nitrogen and oxygen atoms in total. The van der Waals surface area contributed by atoms with Gasteiger partial charge in [-0.2, -0.15) is 0 Å². The Morgan fingerprint density at radius 1 is 1.21 bits per heavy atom. The molecule has 3 rings (SSSR count). The fraction of sp³-hybridized carbons (Fsp3) is 0.125. The Balaban J connectivity index is 2.11. The normalized spacial score (nSPS) is 19.8. The Labute approximate surface area is 140 Å². The average Bonchev–Trinajstić information content (AvgIpc) is 2.67. The molecular formula is C16H12F2N2O3S. The van der Waals surface area contributed by atoms with Crippen molar-refractivity contribution in [2.75, 3.05) is 5.32 Å². The first-order valence-electron chi connectivity index (χ1n) is 6.96. The van der Waals surface area contributed by atoms with Gasteiger partial charge in [-0.25, -0.2) is 13.6 Å². The number of halogens is 2. The molecular weight excluding hydrogens is 338 g/mol. The number of para-hydroxylation sites is 1. The number of carboxylic acid groups (broad SMARTS) is 1. The second-order valence-corrected chi connectivity index (χ2v) is 6.30. The van der Waals surface area contributed by atoms with Crippen molar-refractivity contribution < 1.29 is 23.5 Å². The summed E-state index contributed by atoms with van der Waals surface area (Å²) in [5, 5.41) is 12.8. The summed E-state index contributed by atoms with van der Waals surface area (Å²) in [4.78, 5) is 24.1. The summed E-state index contributed by atoms with van der Waals surface area (Å²) < 4.78 is 27.8. The molecule has 2 atom stereocenters. The molecule has 0 spiro atoms. The highest BCUT2D eigenvalue weighted by Crippen LogP contribution is 2.44. The largest absolute Gasteiger partial charge is 0.465 e. The smallest absolute Gasteiger partial charge is 0.405 e. The Morgan fingerprint density at radius 2 is 1.96 bits per heavy atom. The van der Waals surface area contributed by atoms with Gasteiger partial charge in [-0.05, 0) is 30.3 Å². The number of hydrogen-bond acceptors (Lipinski definition) is 3. The summed E-state index contributed by atoms with van der Waals surface area (Å²) in [6.45, 7) is 0. The molecule has 1 aliphatic heterocycles. The zero-order chi connectivity index (χ0) is 17.3. The molecule has 0 fully saturated rings. The highest BCUT2D eigenvalue weighted by molar-refractivity contribution is 7.99. The molecule has 0 aliphatic carbocycles. The van der Waals surface area contributed by atoms with Crippen LogP contribution in [0.1, 0.15) is 10.8 Å². The van der Waals surface area contributed by atoms with Gasteiger partial charge < -0.3 is 15.7 Å². The first kappa shape index (κ1) is 16.3. The maximum atomic E-state index is 14.2. The number of benzene rings is 2. The third kappa shape index (κ3) is 3.18. The Bertz CT molecular complexity index is 816. The maximum Gasteiger partial charge on any atom is 0.405 e. The molecule has 124 valence electrons. The number of rotatable bonds is 2. The van der Waals surface area contributed by atoms with Crippen molar-refractivity contribution in [1.82, 2.24) is 5.32 Å². The fourth-order valence-electron chi connectivity index (χ4n) is 2.48. The topological polar surface area (TPSA) is 78.4 Å². The van der Waals surface area contributed by atoms with E-state index in [0.717, 1.165) is 30.0 Å². The number of thioether (sulfide) groups is 1. The molecule has 24 heavy (non-hydrogen) atoms. The molecule has 0 bridgehead atoms. The van der Waals surface area contributed by atoms with Gasteiger partial charge in [0.15, 0.2) is 0 Å². The van der Waals surface area contributed by atoms with Gasteiger partial charge in [0.2, 0.25) is 5.91 Å². The maximum absolute atomic E-state index is 14.2. The van der Waals surface area contributed by atoms with Gasteiger partial charge in [-0.3, -0.25) is 4.79 Å². The van der Waals surface area contributed by atoms with Crippen LogP contribution in [0.4, 0.5) is 19.3 Å². The van der Waals surface area contributed by atoms with Gasteiger partial charge in [0, 0.05) is 10.5 Å². The minimum atomic E-state index is -1.43. The van der Waals surface area contributed by atoms with Crippen molar-refractivity contribution in [1.29, 1.82) is 0 Å². The molecule has 2 aromatic carbocycles. The van der Waals surface area contributed by atoms with Crippen LogP contribution in [0.2, 0.25) is 0 Å². The van der Waals surface area contributed by atoms with E-state index in [1.807, 2.05) is 0 Å². The van der Waals surface area contributed by atoms with Crippen LogP contribution in [0.15, 0.2) is 47.4 Å². The van der Waals surface area contributed by atoms with E-state index in [9.17, 15) is 18.4 Å². The molecule has 0 saturated heterocycles. The zero-order valence-electron chi connectivity index (χ0n) is 12.1. The quantitative estimate of drug-likeness (QED) is 0.776. The summed E-state index contributed by atoms with van der Waals surface area (Å²) in [6, 6.07) is 8.44. The molecule has 0 radical (unpaired) electrons. The monoisotopic (exact) mass is 350 g/mol. The third-order valence-electron chi connectivity index (χ3n) is 3.53. The van der Waals surface area contributed by atoms with Crippen LogP contribution in [0.5, 0.6) is 0 Å². The summed E-state index contributed by atoms with van der Waals surface area (Å²) >= 11 is 1.09. The van der Waals surface area contributed by atoms with Crippen LogP contribution in [-0.2, 0) is 4.79 Å². The number of carbonyl (C=O) groups is 2. The van der Waals surface area contributed by atoms with E-state index < -0.39 is 34.9 Å². The predicted octanol–water partition coefficient (Wildman–Crippen LogP) is 3.39. The SMILES string of the molecule is O=C(O)NC1C(=O)Nc2ccccc2SC1c1cc(F)ccc1F. The van der Waals surface area contributed by atoms with Gasteiger partial charge in [-0.1, -0.05) is 12.1 Å². The first-order chi connectivity index (χ1) is 11.5. The molecule has 8 heteroatoms. The minimum absolute atomic E-state index is 0.0781. The zero-order valence-corrected chi connectivity index (χ0v) is 12.9. The van der Waals surface area contributed by atoms with E-state index in [4.69, 9.17) is 5.11 Å². The molecule has 0 aromatic heterocycles. The molecule has 2 aromatic rings. The number of fused-ring (bicyclic) bond motifs is 1. The number of hydrogen-bond donors (Lipinski definition) is 3. The number of anilines is 1. The summed E-state index contributed by atoms with van der Waals surface area (Å²) in [7, 11) is 0. The minimum Gasteiger partial charge on any atom is -0.465 e. The van der Waals surface area contributed by atoms with Crippen LogP contribution in [0, 0.1) is 11.6 Å². The second kappa shape index (κ2) is 6.48. The fourth-order valence-corrected chi connectivity index (χ4v) is 3.79. The van der Waals surface area contributed by atoms with Crippen molar-refractivity contribution in [3.05, 3.63) is 59.7 Å². The lowest BCUT2D eigenvalue weighted by Crippen LogP contribution is -2.45. The van der Waals surface area contributed by atoms with Crippen LogP contribution in [-0.4, -0.2) is 23.1 Å². The first-order valence-corrected chi connectivity index (χ1v) is 7.84. The van der Waals surface area contributed by atoms with Gasteiger partial charge in [0.1, 0.15) is 17.7 Å². The molecule has 3 N–H and O–H groups in total. The highest BCUT2D eigenvalue weighted by Gasteiger charge is 2.37. The molecule has 2 unspecified atom stereocenters. The lowest BCUT2D eigenvalue weighted by atomic mass is 10.0. The highest BCUT2D eigenvalue weighted by atomic mass is 32.2. The summed E-state index contributed by atoms with van der Waals surface area (Å²) in [6.07, 6.45) is -1.43. The van der Waals surface area contributed by atoms with Crippen molar-refractivity contribution in [3.63, 3.8) is 0 Å². The van der Waals surface area contributed by atoms with E-state index in [2.05, 4.69) is 10.6 Å². The average molecular weight is 350 g/mol. The van der Waals surface area contributed by atoms with E-state index in [1.165, 1.54) is 0 Å². The van der Waals surface area contributed by atoms with E-state index >= 15 is 0 Å². The summed E-state index contributed by atoms with van der Waals surface area (Å²) in [5.74, 6) is -2.01. The third-order valence-corrected chi connectivity index (χ3v) is 4.92. The van der Waals surface area contributed by atoms with E-state index in [-0.39, 0.29) is 5.56 Å². The van der Waals surface area contributed by atoms with Gasteiger partial charge >= 0.3 is 6.09 Å². The standard InChI is InChI=1S/C16H12F2N2O3S/c17-8-5-6-10(18)9(7-8)14-13(20-16(22)23)15(21)19-11-3-1-2-4-12(11)24-14/h1-7,13-14,20H,(H,19,21)(H,22,23). The molecule has 2 amide bonds. The van der Waals surface area contributed by atoms with E-state index in [0.29, 0.717) is 10.6 Å². The van der Waals surface area contributed by atoms with Gasteiger partial charge in [0.25, 0.3) is 0 Å². The molecule has 1 aliphatic rings. The molecule has 0 saturated carbocycles. The van der Waals surface area contributed by atoms with Crippen molar-refractivity contribution in [2.45, 2.75) is 16.2 Å². The van der Waals surface area contributed by atoms with Crippen LogP contribution in [0.25, 0.3) is 0 Å². The summed E-state index contributed by atoms with van der Waals surface area (Å²) in [5.41, 5.74) is 0.412. The van der Waals surface area contributed by atoms with Crippen LogP contribution >= 0.6 is 11.8 Å². The van der Waals surface area contributed by atoms with E-state index in [1.54, 1.807) is 24.3 Å². The lowest BCUT2D eigenvalue weighted by Gasteiger charge is -2.23. The number of nitrogens with one attached hydrogen (secondary N) is 2. The predicted molar refractivity (Wildman–Crippen MR) is 85.0 cm³/mol. The Hall–Kier alpha value is -2.61. The Morgan fingerprint density at radius 3 is 2.71 bits per heavy atom. The number of amides is 2. The van der Waals surface area contributed by atoms with Crippen LogP contribution < -0.4 is 10.6 Å². The van der Waals surface area contributed by atoms with Crippen LogP contribution in [0.3, 0.4) is 0 Å². The number of carbonyl (C=O) groups excluding carboxylic acids is 1. The van der Waals surface area contributed by atoms with Crippen molar-refractivity contribution >= 4 is 29.4 Å². The van der Waals surface area contributed by atoms with Gasteiger partial charge in [-0.15, -0.1) is 11.8 Å². The van der Waals surface area contributed by atoms with Crippen molar-refractivity contribution in [3.8, 4) is 0 Å². The Kier molecular flexibility index (Phi) is 4.39. The molecule has 1 heterocycles. The second-order valence-electron chi connectivity index (χ2n) is 5.12. The van der Waals surface area contributed by atoms with Gasteiger partial charge in [0.05, 0.1) is 10.9 Å². The lowest BCUT2D eigenvalue weighted by molar-refractivity contribution is -0.118.